The van der Waals surface area contributed by atoms with E-state index >= 15 is 0 Å². The zero-order chi connectivity index (χ0) is 18.3. The molecule has 1 atom stereocenters. The minimum atomic E-state index is -3.45. The van der Waals surface area contributed by atoms with E-state index in [2.05, 4.69) is 4.72 Å². The van der Waals surface area contributed by atoms with Crippen LogP contribution in [0.4, 0.5) is 0 Å². The molecule has 136 valence electrons. The molecular weight excluding hydrogens is 338 g/mol. The van der Waals surface area contributed by atoms with Crippen LogP contribution in [0.1, 0.15) is 37.9 Å². The summed E-state index contributed by atoms with van der Waals surface area (Å²) in [7, 11) is -3.45. The minimum Gasteiger partial charge on any atom is -0.490 e. The second-order valence-electron chi connectivity index (χ2n) is 5.66. The van der Waals surface area contributed by atoms with Gasteiger partial charge in [-0.2, -0.15) is 0 Å². The molecule has 0 aromatic heterocycles. The number of hydrogen-bond acceptors (Lipinski definition) is 4. The molecule has 2 rings (SSSR count). The molecule has 5 nitrogen and oxygen atoms in total. The van der Waals surface area contributed by atoms with Gasteiger partial charge in [0.1, 0.15) is 0 Å². The Labute approximate surface area is 150 Å². The summed E-state index contributed by atoms with van der Waals surface area (Å²) in [6.45, 7) is 6.67. The van der Waals surface area contributed by atoms with E-state index in [-0.39, 0.29) is 11.8 Å². The van der Waals surface area contributed by atoms with Crippen molar-refractivity contribution in [2.75, 3.05) is 13.2 Å². The number of rotatable bonds is 9. The van der Waals surface area contributed by atoms with Crippen molar-refractivity contribution in [2.24, 2.45) is 0 Å². The highest BCUT2D eigenvalue weighted by atomic mass is 32.2. The van der Waals surface area contributed by atoms with E-state index in [0.717, 1.165) is 11.1 Å². The number of benzene rings is 2. The zero-order valence-corrected chi connectivity index (χ0v) is 15.7. The Morgan fingerprint density at radius 2 is 1.60 bits per heavy atom. The topological polar surface area (TPSA) is 64.6 Å². The Morgan fingerprint density at radius 1 is 0.960 bits per heavy atom. The van der Waals surface area contributed by atoms with Crippen molar-refractivity contribution in [3.8, 4) is 11.5 Å². The number of ether oxygens (including phenoxy) is 2. The van der Waals surface area contributed by atoms with E-state index in [0.29, 0.717) is 24.7 Å². The van der Waals surface area contributed by atoms with Crippen molar-refractivity contribution in [3.05, 3.63) is 59.7 Å². The molecule has 6 heteroatoms. The summed E-state index contributed by atoms with van der Waals surface area (Å²) in [4.78, 5) is 0. The van der Waals surface area contributed by atoms with Gasteiger partial charge in [-0.3, -0.25) is 0 Å². The molecule has 0 spiro atoms. The standard InChI is InChI=1S/C19H25NO4S/c1-4-23-18-12-11-17(13-19(18)24-5-2)15(3)20-25(21,22)14-16-9-7-6-8-10-16/h6-13,15,20H,4-5,14H2,1-3H3/t15-/m1/s1. The van der Waals surface area contributed by atoms with Crippen LogP contribution in [0, 0.1) is 0 Å². The van der Waals surface area contributed by atoms with Crippen LogP contribution >= 0.6 is 0 Å². The fourth-order valence-electron chi connectivity index (χ4n) is 2.51. The summed E-state index contributed by atoms with van der Waals surface area (Å²) in [5.41, 5.74) is 1.58. The Kier molecular flexibility index (Phi) is 6.84. The first-order valence-electron chi connectivity index (χ1n) is 8.38. The van der Waals surface area contributed by atoms with Crippen LogP contribution < -0.4 is 14.2 Å². The maximum absolute atomic E-state index is 12.4. The van der Waals surface area contributed by atoms with Crippen LogP contribution in [0.2, 0.25) is 0 Å². The van der Waals surface area contributed by atoms with Gasteiger partial charge >= 0.3 is 0 Å². The second kappa shape index (κ2) is 8.87. The maximum Gasteiger partial charge on any atom is 0.216 e. The summed E-state index contributed by atoms with van der Waals surface area (Å²) in [6, 6.07) is 14.2. The van der Waals surface area contributed by atoms with Crippen LogP contribution in [-0.2, 0) is 15.8 Å². The average molecular weight is 363 g/mol. The lowest BCUT2D eigenvalue weighted by Gasteiger charge is -2.17. The van der Waals surface area contributed by atoms with Gasteiger partial charge in [0.25, 0.3) is 0 Å². The highest BCUT2D eigenvalue weighted by molar-refractivity contribution is 7.88. The molecule has 0 saturated heterocycles. The van der Waals surface area contributed by atoms with E-state index in [1.165, 1.54) is 0 Å². The Balaban J connectivity index is 2.13. The monoisotopic (exact) mass is 363 g/mol. The molecule has 2 aromatic carbocycles. The van der Waals surface area contributed by atoms with E-state index in [9.17, 15) is 8.42 Å². The van der Waals surface area contributed by atoms with Gasteiger partial charge in [0.15, 0.2) is 11.5 Å². The molecule has 0 saturated carbocycles. The molecule has 0 aliphatic carbocycles. The van der Waals surface area contributed by atoms with Gasteiger partial charge in [0, 0.05) is 6.04 Å². The summed E-state index contributed by atoms with van der Waals surface area (Å²) in [6.07, 6.45) is 0. The Morgan fingerprint density at radius 3 is 2.24 bits per heavy atom. The van der Waals surface area contributed by atoms with Crippen molar-refractivity contribution in [1.82, 2.24) is 4.72 Å². The van der Waals surface area contributed by atoms with Gasteiger partial charge in [-0.05, 0) is 44.0 Å². The van der Waals surface area contributed by atoms with Gasteiger partial charge in [-0.1, -0.05) is 36.4 Å². The summed E-state index contributed by atoms with van der Waals surface area (Å²) < 4.78 is 38.7. The third kappa shape index (κ3) is 5.76. The van der Waals surface area contributed by atoms with Gasteiger partial charge in [-0.25, -0.2) is 13.1 Å². The van der Waals surface area contributed by atoms with E-state index in [1.807, 2.05) is 57.2 Å². The highest BCUT2D eigenvalue weighted by Gasteiger charge is 2.18. The lowest BCUT2D eigenvalue weighted by molar-refractivity contribution is 0.287. The first-order valence-corrected chi connectivity index (χ1v) is 10.0. The van der Waals surface area contributed by atoms with E-state index < -0.39 is 10.0 Å². The zero-order valence-electron chi connectivity index (χ0n) is 14.9. The molecule has 0 radical (unpaired) electrons. The summed E-state index contributed by atoms with van der Waals surface area (Å²) >= 11 is 0. The lowest BCUT2D eigenvalue weighted by Crippen LogP contribution is -2.28. The Bertz CT molecular complexity index is 775. The number of sulfonamides is 1. The van der Waals surface area contributed by atoms with Crippen molar-refractivity contribution >= 4 is 10.0 Å². The molecular formula is C19H25NO4S. The van der Waals surface area contributed by atoms with E-state index in [1.54, 1.807) is 12.1 Å². The largest absolute Gasteiger partial charge is 0.490 e. The quantitative estimate of drug-likeness (QED) is 0.738. The first-order chi connectivity index (χ1) is 11.9. The molecule has 0 bridgehead atoms. The van der Waals surface area contributed by atoms with Gasteiger partial charge in [-0.15, -0.1) is 0 Å². The molecule has 0 unspecified atom stereocenters. The number of nitrogens with one attached hydrogen (secondary N) is 1. The van der Waals surface area contributed by atoms with Crippen LogP contribution in [0.5, 0.6) is 11.5 Å². The lowest BCUT2D eigenvalue weighted by atomic mass is 10.1. The fourth-order valence-corrected chi connectivity index (χ4v) is 3.90. The van der Waals surface area contributed by atoms with Crippen molar-refractivity contribution in [1.29, 1.82) is 0 Å². The molecule has 1 N–H and O–H groups in total. The van der Waals surface area contributed by atoms with Crippen LogP contribution in [0.25, 0.3) is 0 Å². The summed E-state index contributed by atoms with van der Waals surface area (Å²) in [5.74, 6) is 1.23. The van der Waals surface area contributed by atoms with Crippen LogP contribution in [0.3, 0.4) is 0 Å². The van der Waals surface area contributed by atoms with E-state index in [4.69, 9.17) is 9.47 Å². The predicted octanol–water partition coefficient (Wildman–Crippen LogP) is 3.66. The van der Waals surface area contributed by atoms with Crippen LogP contribution in [0.15, 0.2) is 48.5 Å². The molecule has 0 heterocycles. The predicted molar refractivity (Wildman–Crippen MR) is 99.4 cm³/mol. The second-order valence-corrected chi connectivity index (χ2v) is 7.41. The third-order valence-electron chi connectivity index (χ3n) is 3.62. The smallest absolute Gasteiger partial charge is 0.216 e. The van der Waals surface area contributed by atoms with Crippen molar-refractivity contribution < 1.29 is 17.9 Å². The van der Waals surface area contributed by atoms with Crippen molar-refractivity contribution in [2.45, 2.75) is 32.6 Å². The van der Waals surface area contributed by atoms with Crippen LogP contribution in [-0.4, -0.2) is 21.6 Å². The van der Waals surface area contributed by atoms with Gasteiger partial charge < -0.3 is 9.47 Å². The normalized spacial score (nSPS) is 12.6. The maximum atomic E-state index is 12.4. The SMILES string of the molecule is CCOc1ccc([C@@H](C)NS(=O)(=O)Cc2ccccc2)cc1OCC. The Hall–Kier alpha value is -2.05. The molecule has 0 aliphatic heterocycles. The van der Waals surface area contributed by atoms with Gasteiger partial charge in [0.2, 0.25) is 10.0 Å². The third-order valence-corrected chi connectivity index (χ3v) is 5.05. The average Bonchev–Trinajstić information content (AvgIpc) is 2.57. The first kappa shape index (κ1) is 19.3. The number of hydrogen-bond donors (Lipinski definition) is 1. The summed E-state index contributed by atoms with van der Waals surface area (Å²) in [5, 5.41) is 0. The minimum absolute atomic E-state index is 0.0481. The van der Waals surface area contributed by atoms with Gasteiger partial charge in [0.05, 0.1) is 19.0 Å². The van der Waals surface area contributed by atoms with Crippen molar-refractivity contribution in [3.63, 3.8) is 0 Å². The molecule has 25 heavy (non-hydrogen) atoms. The molecule has 0 aliphatic rings. The fraction of sp³-hybridized carbons (Fsp3) is 0.368. The molecule has 0 amide bonds. The highest BCUT2D eigenvalue weighted by Crippen LogP contribution is 2.31. The molecule has 2 aromatic rings. The molecule has 0 fully saturated rings.